The normalized spacial score (nSPS) is 11.9. The van der Waals surface area contributed by atoms with Crippen LogP contribution in [-0.2, 0) is 0 Å². The van der Waals surface area contributed by atoms with Crippen LogP contribution < -0.4 is 10.1 Å². The van der Waals surface area contributed by atoms with Gasteiger partial charge in [0.1, 0.15) is 11.9 Å². The number of hydrogen-bond donors (Lipinski definition) is 1. The van der Waals surface area contributed by atoms with Gasteiger partial charge in [0.25, 0.3) is 0 Å². The highest BCUT2D eigenvalue weighted by Gasteiger charge is 2.09. The van der Waals surface area contributed by atoms with Crippen LogP contribution in [0, 0.1) is 11.6 Å². The van der Waals surface area contributed by atoms with Crippen molar-refractivity contribution in [3.8, 4) is 5.75 Å². The average Bonchev–Trinajstić information content (AvgIpc) is 2.42. The fourth-order valence-electron chi connectivity index (χ4n) is 1.64. The van der Waals surface area contributed by atoms with Gasteiger partial charge in [-0.15, -0.1) is 0 Å². The molecule has 0 aliphatic carbocycles. The van der Waals surface area contributed by atoms with Gasteiger partial charge in [-0.05, 0) is 31.2 Å². The third kappa shape index (κ3) is 3.95. The highest BCUT2D eigenvalue weighted by atomic mass is 19.1. The molecule has 0 spiro atoms. The lowest BCUT2D eigenvalue weighted by molar-refractivity contribution is 0.223. The number of nitrogens with one attached hydrogen (secondary N) is 1. The van der Waals surface area contributed by atoms with Gasteiger partial charge in [-0.3, -0.25) is 0 Å². The van der Waals surface area contributed by atoms with E-state index in [1.165, 1.54) is 0 Å². The van der Waals surface area contributed by atoms with Gasteiger partial charge >= 0.3 is 0 Å². The number of hydrogen-bond acceptors (Lipinski definition) is 2. The van der Waals surface area contributed by atoms with Gasteiger partial charge in [0.15, 0.2) is 11.6 Å². The molecule has 0 bridgehead atoms. The lowest BCUT2D eigenvalue weighted by Crippen LogP contribution is -2.23. The Labute approximate surface area is 111 Å². The zero-order valence-electron chi connectivity index (χ0n) is 10.6. The SMILES string of the molecule is CC(CNc1ccccc1)Oc1cc(F)ccc1F. The Morgan fingerprint density at radius 3 is 2.58 bits per heavy atom. The van der Waals surface area contributed by atoms with E-state index in [1.807, 2.05) is 30.3 Å². The topological polar surface area (TPSA) is 21.3 Å². The van der Waals surface area contributed by atoms with E-state index in [4.69, 9.17) is 4.74 Å². The van der Waals surface area contributed by atoms with Crippen molar-refractivity contribution in [3.63, 3.8) is 0 Å². The molecule has 0 amide bonds. The molecule has 2 rings (SSSR count). The molecule has 0 radical (unpaired) electrons. The number of ether oxygens (including phenoxy) is 1. The van der Waals surface area contributed by atoms with E-state index < -0.39 is 11.6 Å². The molecule has 0 aliphatic heterocycles. The number of rotatable bonds is 5. The molecule has 0 heterocycles. The largest absolute Gasteiger partial charge is 0.486 e. The van der Waals surface area contributed by atoms with Crippen molar-refractivity contribution in [1.29, 1.82) is 0 Å². The first kappa shape index (κ1) is 13.3. The summed E-state index contributed by atoms with van der Waals surface area (Å²) >= 11 is 0. The zero-order chi connectivity index (χ0) is 13.7. The van der Waals surface area contributed by atoms with Crippen LogP contribution in [0.1, 0.15) is 6.92 Å². The monoisotopic (exact) mass is 263 g/mol. The summed E-state index contributed by atoms with van der Waals surface area (Å²) in [6.45, 7) is 2.29. The predicted molar refractivity (Wildman–Crippen MR) is 71.4 cm³/mol. The minimum absolute atomic E-state index is 0.0673. The van der Waals surface area contributed by atoms with Gasteiger partial charge in [0.05, 0.1) is 6.54 Å². The quantitative estimate of drug-likeness (QED) is 0.884. The molecule has 2 nitrogen and oxygen atoms in total. The van der Waals surface area contributed by atoms with E-state index in [9.17, 15) is 8.78 Å². The van der Waals surface area contributed by atoms with Crippen LogP contribution in [0.3, 0.4) is 0 Å². The van der Waals surface area contributed by atoms with Crippen molar-refractivity contribution < 1.29 is 13.5 Å². The molecule has 1 N–H and O–H groups in total. The van der Waals surface area contributed by atoms with Crippen LogP contribution in [0.2, 0.25) is 0 Å². The molecule has 0 saturated heterocycles. The Bertz CT molecular complexity index is 531. The van der Waals surface area contributed by atoms with Crippen LogP contribution in [0.4, 0.5) is 14.5 Å². The summed E-state index contributed by atoms with van der Waals surface area (Å²) in [4.78, 5) is 0. The van der Waals surface area contributed by atoms with Crippen LogP contribution in [-0.4, -0.2) is 12.6 Å². The van der Waals surface area contributed by atoms with Crippen molar-refractivity contribution in [2.45, 2.75) is 13.0 Å². The van der Waals surface area contributed by atoms with Gasteiger partial charge in [0.2, 0.25) is 0 Å². The van der Waals surface area contributed by atoms with Crippen LogP contribution in [0.25, 0.3) is 0 Å². The fraction of sp³-hybridized carbons (Fsp3) is 0.200. The van der Waals surface area contributed by atoms with Crippen LogP contribution >= 0.6 is 0 Å². The molecule has 19 heavy (non-hydrogen) atoms. The molecule has 4 heteroatoms. The summed E-state index contributed by atoms with van der Waals surface area (Å²) in [6.07, 6.45) is -0.281. The smallest absolute Gasteiger partial charge is 0.165 e. The Kier molecular flexibility index (Phi) is 4.34. The number of halogens is 2. The van der Waals surface area contributed by atoms with E-state index in [1.54, 1.807) is 6.92 Å². The number of anilines is 1. The van der Waals surface area contributed by atoms with Gasteiger partial charge in [0, 0.05) is 11.8 Å². The highest BCUT2D eigenvalue weighted by molar-refractivity contribution is 5.42. The number of para-hydroxylation sites is 1. The van der Waals surface area contributed by atoms with Gasteiger partial charge in [-0.25, -0.2) is 8.78 Å². The Morgan fingerprint density at radius 2 is 1.84 bits per heavy atom. The number of benzene rings is 2. The molecule has 1 atom stereocenters. The summed E-state index contributed by atoms with van der Waals surface area (Å²) in [5.41, 5.74) is 0.956. The predicted octanol–water partition coefficient (Wildman–Crippen LogP) is 3.84. The second-order valence-electron chi connectivity index (χ2n) is 4.25. The van der Waals surface area contributed by atoms with Crippen molar-refractivity contribution in [2.75, 3.05) is 11.9 Å². The maximum Gasteiger partial charge on any atom is 0.165 e. The fourth-order valence-corrected chi connectivity index (χ4v) is 1.64. The Balaban J connectivity index is 1.90. The van der Waals surface area contributed by atoms with E-state index >= 15 is 0 Å². The van der Waals surface area contributed by atoms with Crippen molar-refractivity contribution in [3.05, 3.63) is 60.2 Å². The molecule has 100 valence electrons. The summed E-state index contributed by atoms with van der Waals surface area (Å²) < 4.78 is 31.7. The van der Waals surface area contributed by atoms with Gasteiger partial charge < -0.3 is 10.1 Å². The summed E-state index contributed by atoms with van der Waals surface area (Å²) in [7, 11) is 0. The van der Waals surface area contributed by atoms with Crippen molar-refractivity contribution in [1.82, 2.24) is 0 Å². The first-order valence-electron chi connectivity index (χ1n) is 6.06. The van der Waals surface area contributed by atoms with E-state index in [0.717, 1.165) is 23.9 Å². The maximum atomic E-state index is 13.4. The first-order valence-corrected chi connectivity index (χ1v) is 6.06. The molecule has 2 aromatic carbocycles. The molecular formula is C15H15F2NO. The minimum Gasteiger partial charge on any atom is -0.486 e. The molecule has 0 aliphatic rings. The van der Waals surface area contributed by atoms with E-state index in [-0.39, 0.29) is 11.9 Å². The zero-order valence-corrected chi connectivity index (χ0v) is 10.6. The molecule has 2 aromatic rings. The molecule has 0 saturated carbocycles. The average molecular weight is 263 g/mol. The summed E-state index contributed by atoms with van der Waals surface area (Å²) in [6, 6.07) is 12.8. The third-order valence-electron chi connectivity index (χ3n) is 2.59. The third-order valence-corrected chi connectivity index (χ3v) is 2.59. The van der Waals surface area contributed by atoms with E-state index in [2.05, 4.69) is 5.32 Å². The lowest BCUT2D eigenvalue weighted by Gasteiger charge is -2.16. The van der Waals surface area contributed by atoms with Crippen LogP contribution in [0.15, 0.2) is 48.5 Å². The second-order valence-corrected chi connectivity index (χ2v) is 4.25. The summed E-state index contributed by atoms with van der Waals surface area (Å²) in [5, 5.41) is 3.16. The molecule has 1 unspecified atom stereocenters. The standard InChI is InChI=1S/C15H15F2NO/c1-11(10-18-13-5-3-2-4-6-13)19-15-9-12(16)7-8-14(15)17/h2-9,11,18H,10H2,1H3. The maximum absolute atomic E-state index is 13.4. The highest BCUT2D eigenvalue weighted by Crippen LogP contribution is 2.19. The molecule has 0 aromatic heterocycles. The molecular weight excluding hydrogens is 248 g/mol. The second kappa shape index (κ2) is 6.18. The molecule has 0 fully saturated rings. The van der Waals surface area contributed by atoms with Crippen LogP contribution in [0.5, 0.6) is 5.75 Å². The lowest BCUT2D eigenvalue weighted by atomic mass is 10.3. The van der Waals surface area contributed by atoms with E-state index in [0.29, 0.717) is 6.54 Å². The van der Waals surface area contributed by atoms with Crippen molar-refractivity contribution >= 4 is 5.69 Å². The summed E-state index contributed by atoms with van der Waals surface area (Å²) in [5.74, 6) is -1.14. The van der Waals surface area contributed by atoms with Gasteiger partial charge in [-0.1, -0.05) is 18.2 Å². The Morgan fingerprint density at radius 1 is 1.11 bits per heavy atom. The minimum atomic E-state index is -0.562. The Hall–Kier alpha value is -2.10. The van der Waals surface area contributed by atoms with Gasteiger partial charge in [-0.2, -0.15) is 0 Å². The first-order chi connectivity index (χ1) is 9.15. The van der Waals surface area contributed by atoms with Crippen molar-refractivity contribution in [2.24, 2.45) is 0 Å².